The Labute approximate surface area is 119 Å². The lowest BCUT2D eigenvalue weighted by molar-refractivity contribution is 0.0398. The third-order valence-electron chi connectivity index (χ3n) is 2.63. The standard InChI is InChI=1S/C13H12N4O4/c1-9-15-16-12(20-9)8-19-13(18)11-4-3-10(21-11)7-17-6-2-5-14-17/h2-6H,7-8H2,1H3. The van der Waals surface area contributed by atoms with E-state index in [2.05, 4.69) is 15.3 Å². The summed E-state index contributed by atoms with van der Waals surface area (Å²) in [5, 5.41) is 11.4. The zero-order valence-electron chi connectivity index (χ0n) is 11.2. The lowest BCUT2D eigenvalue weighted by Gasteiger charge is -1.99. The Morgan fingerprint density at radius 3 is 2.95 bits per heavy atom. The van der Waals surface area contributed by atoms with Gasteiger partial charge < -0.3 is 13.6 Å². The topological polar surface area (TPSA) is 96.2 Å². The number of ether oxygens (including phenoxy) is 1. The van der Waals surface area contributed by atoms with Gasteiger partial charge in [-0.05, 0) is 18.2 Å². The predicted molar refractivity (Wildman–Crippen MR) is 68.2 cm³/mol. The highest BCUT2D eigenvalue weighted by atomic mass is 16.6. The molecule has 0 N–H and O–H groups in total. The summed E-state index contributed by atoms with van der Waals surface area (Å²) in [6.07, 6.45) is 3.48. The quantitative estimate of drug-likeness (QED) is 0.657. The summed E-state index contributed by atoms with van der Waals surface area (Å²) < 4.78 is 17.2. The van der Waals surface area contributed by atoms with Gasteiger partial charge in [0.2, 0.25) is 11.7 Å². The maximum absolute atomic E-state index is 11.8. The molecule has 0 aliphatic carbocycles. The molecule has 0 saturated heterocycles. The third kappa shape index (κ3) is 3.16. The molecule has 3 rings (SSSR count). The molecular formula is C13H12N4O4. The van der Waals surface area contributed by atoms with Gasteiger partial charge in [-0.15, -0.1) is 10.2 Å². The number of hydrogen-bond donors (Lipinski definition) is 0. The summed E-state index contributed by atoms with van der Waals surface area (Å²) >= 11 is 0. The molecule has 0 atom stereocenters. The van der Waals surface area contributed by atoms with E-state index < -0.39 is 5.97 Å². The molecular weight excluding hydrogens is 276 g/mol. The molecule has 0 saturated carbocycles. The van der Waals surface area contributed by atoms with Crippen molar-refractivity contribution in [2.45, 2.75) is 20.1 Å². The molecule has 0 aliphatic rings. The number of furan rings is 1. The van der Waals surface area contributed by atoms with Gasteiger partial charge in [-0.2, -0.15) is 5.10 Å². The van der Waals surface area contributed by atoms with Crippen LogP contribution in [0.25, 0.3) is 0 Å². The van der Waals surface area contributed by atoms with Crippen LogP contribution in [0.3, 0.4) is 0 Å². The Balaban J connectivity index is 1.58. The van der Waals surface area contributed by atoms with Crippen molar-refractivity contribution in [2.24, 2.45) is 0 Å². The average Bonchev–Trinajstić information content (AvgIpc) is 3.19. The van der Waals surface area contributed by atoms with E-state index in [1.165, 1.54) is 0 Å². The molecule has 0 radical (unpaired) electrons. The fourth-order valence-corrected chi connectivity index (χ4v) is 1.72. The van der Waals surface area contributed by atoms with Crippen LogP contribution >= 0.6 is 0 Å². The second kappa shape index (κ2) is 5.61. The van der Waals surface area contributed by atoms with E-state index in [1.807, 2.05) is 6.07 Å². The molecule has 0 fully saturated rings. The second-order valence-electron chi connectivity index (χ2n) is 4.26. The van der Waals surface area contributed by atoms with Crippen molar-refractivity contribution in [3.8, 4) is 0 Å². The SMILES string of the molecule is Cc1nnc(COC(=O)c2ccc(Cn3cccn3)o2)o1. The summed E-state index contributed by atoms with van der Waals surface area (Å²) in [4.78, 5) is 11.8. The van der Waals surface area contributed by atoms with Crippen molar-refractivity contribution in [3.05, 3.63) is 53.9 Å². The smallest absolute Gasteiger partial charge is 0.374 e. The first-order valence-corrected chi connectivity index (χ1v) is 6.23. The van der Waals surface area contributed by atoms with Crippen LogP contribution in [0.2, 0.25) is 0 Å². The number of hydrogen-bond acceptors (Lipinski definition) is 7. The van der Waals surface area contributed by atoms with Crippen molar-refractivity contribution >= 4 is 5.97 Å². The zero-order valence-corrected chi connectivity index (χ0v) is 11.2. The van der Waals surface area contributed by atoms with Crippen LogP contribution in [0, 0.1) is 6.92 Å². The fourth-order valence-electron chi connectivity index (χ4n) is 1.72. The first-order chi connectivity index (χ1) is 10.2. The van der Waals surface area contributed by atoms with Gasteiger partial charge in [-0.3, -0.25) is 4.68 Å². The number of carbonyl (C=O) groups excluding carboxylic acids is 1. The van der Waals surface area contributed by atoms with E-state index in [1.54, 1.807) is 36.1 Å². The highest BCUT2D eigenvalue weighted by Gasteiger charge is 2.14. The molecule has 108 valence electrons. The highest BCUT2D eigenvalue weighted by molar-refractivity contribution is 5.86. The first kappa shape index (κ1) is 13.1. The van der Waals surface area contributed by atoms with Gasteiger partial charge >= 0.3 is 5.97 Å². The van der Waals surface area contributed by atoms with Gasteiger partial charge in [-0.1, -0.05) is 0 Å². The maximum Gasteiger partial charge on any atom is 0.374 e. The van der Waals surface area contributed by atoms with Crippen molar-refractivity contribution in [3.63, 3.8) is 0 Å². The van der Waals surface area contributed by atoms with Gasteiger partial charge in [-0.25, -0.2) is 4.79 Å². The number of aryl methyl sites for hydroxylation is 1. The molecule has 0 unspecified atom stereocenters. The summed E-state index contributed by atoms with van der Waals surface area (Å²) in [5.41, 5.74) is 0. The van der Waals surface area contributed by atoms with Crippen LogP contribution in [-0.4, -0.2) is 25.9 Å². The minimum absolute atomic E-state index is 0.0884. The Hall–Kier alpha value is -2.90. The monoisotopic (exact) mass is 288 g/mol. The molecule has 0 aliphatic heterocycles. The van der Waals surface area contributed by atoms with E-state index in [-0.39, 0.29) is 18.3 Å². The molecule has 3 heterocycles. The van der Waals surface area contributed by atoms with Gasteiger partial charge in [0.15, 0.2) is 6.61 Å². The molecule has 3 aromatic heterocycles. The van der Waals surface area contributed by atoms with Crippen LogP contribution in [0.4, 0.5) is 0 Å². The second-order valence-corrected chi connectivity index (χ2v) is 4.26. The number of aromatic nitrogens is 4. The number of carbonyl (C=O) groups is 1. The Morgan fingerprint density at radius 2 is 2.24 bits per heavy atom. The average molecular weight is 288 g/mol. The molecule has 0 amide bonds. The van der Waals surface area contributed by atoms with Crippen LogP contribution in [0.5, 0.6) is 0 Å². The molecule has 0 bridgehead atoms. The number of esters is 1. The van der Waals surface area contributed by atoms with E-state index in [4.69, 9.17) is 13.6 Å². The van der Waals surface area contributed by atoms with Crippen molar-refractivity contribution < 1.29 is 18.4 Å². The van der Waals surface area contributed by atoms with Gasteiger partial charge in [0, 0.05) is 19.3 Å². The Bertz CT molecular complexity index is 729. The molecule has 0 aromatic carbocycles. The normalized spacial score (nSPS) is 10.7. The number of nitrogens with zero attached hydrogens (tertiary/aromatic N) is 4. The summed E-state index contributed by atoms with van der Waals surface area (Å²) in [7, 11) is 0. The largest absolute Gasteiger partial charge is 0.452 e. The predicted octanol–water partition coefficient (Wildman–Crippen LogP) is 1.57. The molecule has 8 heteroatoms. The van der Waals surface area contributed by atoms with Crippen molar-refractivity contribution in [1.82, 2.24) is 20.0 Å². The van der Waals surface area contributed by atoms with Gasteiger partial charge in [0.05, 0.1) is 6.54 Å². The van der Waals surface area contributed by atoms with Crippen molar-refractivity contribution in [2.75, 3.05) is 0 Å². The van der Waals surface area contributed by atoms with Crippen LogP contribution in [0.15, 0.2) is 39.4 Å². The van der Waals surface area contributed by atoms with Crippen molar-refractivity contribution in [1.29, 1.82) is 0 Å². The highest BCUT2D eigenvalue weighted by Crippen LogP contribution is 2.11. The van der Waals surface area contributed by atoms with E-state index in [9.17, 15) is 4.79 Å². The maximum atomic E-state index is 11.8. The zero-order chi connectivity index (χ0) is 14.7. The summed E-state index contributed by atoms with van der Waals surface area (Å²) in [6.45, 7) is 2.02. The lowest BCUT2D eigenvalue weighted by atomic mass is 10.4. The molecule has 0 spiro atoms. The number of rotatable bonds is 5. The molecule has 3 aromatic rings. The van der Waals surface area contributed by atoms with Crippen LogP contribution < -0.4 is 0 Å². The van der Waals surface area contributed by atoms with Gasteiger partial charge in [0.25, 0.3) is 5.89 Å². The van der Waals surface area contributed by atoms with E-state index >= 15 is 0 Å². The Morgan fingerprint density at radius 1 is 1.33 bits per heavy atom. The third-order valence-corrected chi connectivity index (χ3v) is 2.63. The van der Waals surface area contributed by atoms with E-state index in [0.29, 0.717) is 18.2 Å². The Kier molecular flexibility index (Phi) is 3.50. The van der Waals surface area contributed by atoms with Gasteiger partial charge in [0.1, 0.15) is 5.76 Å². The minimum atomic E-state index is -0.586. The fraction of sp³-hybridized carbons (Fsp3) is 0.231. The van der Waals surface area contributed by atoms with Crippen LogP contribution in [0.1, 0.15) is 28.1 Å². The summed E-state index contributed by atoms with van der Waals surface area (Å²) in [6, 6.07) is 5.07. The van der Waals surface area contributed by atoms with Crippen LogP contribution in [-0.2, 0) is 17.9 Å². The molecule has 21 heavy (non-hydrogen) atoms. The minimum Gasteiger partial charge on any atom is -0.452 e. The summed E-state index contributed by atoms with van der Waals surface area (Å²) in [5.74, 6) is 0.801. The lowest BCUT2D eigenvalue weighted by Crippen LogP contribution is -2.04. The first-order valence-electron chi connectivity index (χ1n) is 6.23. The van der Waals surface area contributed by atoms with E-state index in [0.717, 1.165) is 0 Å². The molecule has 8 nitrogen and oxygen atoms in total.